The van der Waals surface area contributed by atoms with Crippen LogP contribution >= 0.6 is 0 Å². The number of fused-ring (bicyclic) bond motifs is 4. The quantitative estimate of drug-likeness (QED) is 0.443. The summed E-state index contributed by atoms with van der Waals surface area (Å²) < 4.78 is 31.5. The molecule has 0 amide bonds. The molecular formula is C28H28F2N2O2. The van der Waals surface area contributed by atoms with Crippen LogP contribution in [0.4, 0.5) is 8.78 Å². The highest BCUT2D eigenvalue weighted by Gasteiger charge is 2.58. The number of benzene rings is 2. The zero-order chi connectivity index (χ0) is 23.6. The van der Waals surface area contributed by atoms with Crippen LogP contribution in [-0.4, -0.2) is 32.5 Å². The molecule has 2 bridgehead atoms. The average molecular weight is 463 g/mol. The molecule has 4 nitrogen and oxygen atoms in total. The van der Waals surface area contributed by atoms with Gasteiger partial charge in [-0.2, -0.15) is 0 Å². The van der Waals surface area contributed by atoms with Gasteiger partial charge in [0.25, 0.3) is 0 Å². The number of aromatic amines is 1. The summed E-state index contributed by atoms with van der Waals surface area (Å²) in [4.78, 5) is 16.9. The topological polar surface area (TPSA) is 56.3 Å². The second-order valence-electron chi connectivity index (χ2n) is 10.2. The highest BCUT2D eigenvalue weighted by Crippen LogP contribution is 2.60. The van der Waals surface area contributed by atoms with E-state index in [1.165, 1.54) is 24.6 Å². The predicted molar refractivity (Wildman–Crippen MR) is 127 cm³/mol. The van der Waals surface area contributed by atoms with Crippen LogP contribution in [0.1, 0.15) is 67.5 Å². The first-order valence-corrected chi connectivity index (χ1v) is 12.2. The van der Waals surface area contributed by atoms with Crippen LogP contribution in [0, 0.1) is 17.6 Å². The minimum atomic E-state index is -1.16. The summed E-state index contributed by atoms with van der Waals surface area (Å²) in [5.74, 6) is -1.70. The maximum absolute atomic E-state index is 15.7. The van der Waals surface area contributed by atoms with Crippen LogP contribution in [0.5, 0.6) is 0 Å². The Morgan fingerprint density at radius 2 is 1.97 bits per heavy atom. The van der Waals surface area contributed by atoms with Crippen molar-refractivity contribution in [1.82, 2.24) is 9.88 Å². The monoisotopic (exact) mass is 462 g/mol. The Balaban J connectivity index is 1.56. The lowest BCUT2D eigenvalue weighted by Gasteiger charge is -2.56. The van der Waals surface area contributed by atoms with E-state index < -0.39 is 23.6 Å². The Hall–Kier alpha value is -2.99. The van der Waals surface area contributed by atoms with Gasteiger partial charge >= 0.3 is 5.97 Å². The van der Waals surface area contributed by atoms with Gasteiger partial charge in [-0.15, -0.1) is 0 Å². The molecular weight excluding hydrogens is 434 g/mol. The third kappa shape index (κ3) is 3.15. The number of hydrogen-bond acceptors (Lipinski definition) is 2. The van der Waals surface area contributed by atoms with Crippen molar-refractivity contribution in [2.45, 2.75) is 63.1 Å². The number of hydrogen-bond donors (Lipinski definition) is 2. The molecule has 4 aliphatic rings. The van der Waals surface area contributed by atoms with E-state index in [2.05, 4.69) is 22.9 Å². The van der Waals surface area contributed by atoms with Crippen molar-refractivity contribution in [3.05, 3.63) is 76.5 Å². The molecule has 3 aliphatic carbocycles. The molecule has 34 heavy (non-hydrogen) atoms. The minimum Gasteiger partial charge on any atom is -0.478 e. The molecule has 1 aliphatic heterocycles. The molecule has 2 heterocycles. The van der Waals surface area contributed by atoms with E-state index in [4.69, 9.17) is 5.11 Å². The first-order chi connectivity index (χ1) is 16.4. The normalized spacial score (nSPS) is 28.4. The SMILES string of the molecule is CC[C@H]1Cc2c([nH]c3ccccc23)[C@H](c2c(F)cc(/C=C/C(=O)O)cc2F)N1C12CCC(C1)C2. The summed E-state index contributed by atoms with van der Waals surface area (Å²) in [5, 5.41) is 10.0. The van der Waals surface area contributed by atoms with Crippen molar-refractivity contribution < 1.29 is 18.7 Å². The number of nitrogens with zero attached hydrogens (tertiary/aromatic N) is 1. The lowest BCUT2D eigenvalue weighted by atomic mass is 9.71. The van der Waals surface area contributed by atoms with Crippen molar-refractivity contribution >= 4 is 22.9 Å². The lowest BCUT2D eigenvalue weighted by molar-refractivity contribution is -0.131. The van der Waals surface area contributed by atoms with Crippen LogP contribution in [0.25, 0.3) is 17.0 Å². The molecule has 7 rings (SSSR count). The number of halogens is 2. The lowest BCUT2D eigenvalue weighted by Crippen LogP contribution is -2.60. The van der Waals surface area contributed by atoms with Crippen LogP contribution in [-0.2, 0) is 11.2 Å². The van der Waals surface area contributed by atoms with Gasteiger partial charge in [-0.25, -0.2) is 13.6 Å². The van der Waals surface area contributed by atoms with Crippen molar-refractivity contribution in [3.8, 4) is 0 Å². The zero-order valence-corrected chi connectivity index (χ0v) is 19.2. The number of carboxylic acid groups (broad SMARTS) is 1. The van der Waals surface area contributed by atoms with Crippen LogP contribution in [0.3, 0.4) is 0 Å². The molecule has 0 saturated heterocycles. The van der Waals surface area contributed by atoms with E-state index in [1.54, 1.807) is 0 Å². The first kappa shape index (κ1) is 21.5. The average Bonchev–Trinajstić information content (AvgIpc) is 3.49. The number of aliphatic carboxylic acids is 1. The van der Waals surface area contributed by atoms with Crippen LogP contribution in [0.2, 0.25) is 0 Å². The molecule has 0 spiro atoms. The smallest absolute Gasteiger partial charge is 0.328 e. The number of para-hydroxylation sites is 1. The van der Waals surface area contributed by atoms with E-state index in [0.29, 0.717) is 0 Å². The Morgan fingerprint density at radius 3 is 2.62 bits per heavy atom. The Labute approximate surface area is 197 Å². The number of carbonyl (C=O) groups is 1. The molecule has 2 N–H and O–H groups in total. The largest absolute Gasteiger partial charge is 0.478 e. The third-order valence-corrected chi connectivity index (χ3v) is 8.40. The molecule has 3 aromatic rings. The molecule has 2 atom stereocenters. The van der Waals surface area contributed by atoms with Gasteiger partial charge in [0, 0.05) is 39.8 Å². The highest BCUT2D eigenvalue weighted by molar-refractivity contribution is 5.86. The van der Waals surface area contributed by atoms with E-state index >= 15 is 8.78 Å². The summed E-state index contributed by atoms with van der Waals surface area (Å²) >= 11 is 0. The summed E-state index contributed by atoms with van der Waals surface area (Å²) in [7, 11) is 0. The van der Waals surface area contributed by atoms with E-state index in [9.17, 15) is 4.79 Å². The molecule has 6 heteroatoms. The van der Waals surface area contributed by atoms with Crippen molar-refractivity contribution in [1.29, 1.82) is 0 Å². The summed E-state index contributed by atoms with van der Waals surface area (Å²) in [6, 6.07) is 10.3. The van der Waals surface area contributed by atoms with Gasteiger partial charge < -0.3 is 10.1 Å². The van der Waals surface area contributed by atoms with Crippen LogP contribution < -0.4 is 0 Å². The van der Waals surface area contributed by atoms with E-state index in [0.717, 1.165) is 66.3 Å². The summed E-state index contributed by atoms with van der Waals surface area (Å²) in [6.45, 7) is 2.17. The highest BCUT2D eigenvalue weighted by atomic mass is 19.1. The van der Waals surface area contributed by atoms with Crippen molar-refractivity contribution in [2.24, 2.45) is 5.92 Å². The number of carboxylic acids is 1. The van der Waals surface area contributed by atoms with Gasteiger partial charge in [-0.1, -0.05) is 25.1 Å². The Morgan fingerprint density at radius 1 is 1.24 bits per heavy atom. The van der Waals surface area contributed by atoms with E-state index in [1.807, 2.05) is 18.2 Å². The Bertz CT molecular complexity index is 1290. The minimum absolute atomic E-state index is 0.00818. The molecule has 2 aromatic carbocycles. The standard InChI is InChI=1S/C28H28F2N2O2/c1-2-18-13-20-19-5-3-4-6-23(19)31-26(20)27(32(18)28-10-9-17(14-28)15-28)25-21(29)11-16(12-22(25)30)7-8-24(33)34/h3-8,11-12,17-18,27,31H,2,9-10,13-15H2,1H3,(H,33,34)/b8-7+/t17?,18-,27-,28?/m0/s1. The molecule has 1 aromatic heterocycles. The predicted octanol–water partition coefficient (Wildman–Crippen LogP) is 6.21. The van der Waals surface area contributed by atoms with Crippen LogP contribution in [0.15, 0.2) is 42.5 Å². The van der Waals surface area contributed by atoms with Crippen molar-refractivity contribution in [2.75, 3.05) is 0 Å². The fourth-order valence-corrected chi connectivity index (χ4v) is 7.01. The number of aromatic nitrogens is 1. The Kier molecular flexibility index (Phi) is 4.92. The molecule has 3 fully saturated rings. The van der Waals surface area contributed by atoms with Gasteiger partial charge in [0.2, 0.25) is 0 Å². The second kappa shape index (κ2) is 7.77. The number of H-pyrrole nitrogens is 1. The molecule has 0 unspecified atom stereocenters. The summed E-state index contributed by atoms with van der Waals surface area (Å²) in [5.41, 5.74) is 3.29. The fourth-order valence-electron chi connectivity index (χ4n) is 7.01. The maximum Gasteiger partial charge on any atom is 0.328 e. The third-order valence-electron chi connectivity index (χ3n) is 8.40. The van der Waals surface area contributed by atoms with Gasteiger partial charge in [0.1, 0.15) is 11.6 Å². The summed E-state index contributed by atoms with van der Waals surface area (Å²) in [6.07, 6.45) is 8.34. The van der Waals surface area contributed by atoms with E-state index in [-0.39, 0.29) is 22.7 Å². The number of nitrogens with one attached hydrogen (secondary N) is 1. The van der Waals surface area contributed by atoms with Gasteiger partial charge in [0.05, 0.1) is 6.04 Å². The molecule has 3 saturated carbocycles. The number of rotatable bonds is 5. The maximum atomic E-state index is 15.7. The van der Waals surface area contributed by atoms with Gasteiger partial charge in [-0.3, -0.25) is 4.90 Å². The van der Waals surface area contributed by atoms with Crippen molar-refractivity contribution in [3.63, 3.8) is 0 Å². The molecule has 0 radical (unpaired) electrons. The fraction of sp³-hybridized carbons (Fsp3) is 0.393. The second-order valence-corrected chi connectivity index (χ2v) is 10.2. The van der Waals surface area contributed by atoms with Gasteiger partial charge in [0.15, 0.2) is 0 Å². The molecule has 176 valence electrons. The van der Waals surface area contributed by atoms with Gasteiger partial charge in [-0.05, 0) is 79.8 Å². The zero-order valence-electron chi connectivity index (χ0n) is 19.2. The first-order valence-electron chi connectivity index (χ1n) is 12.2.